The molecule has 26 heavy (non-hydrogen) atoms. The number of unbranched alkanes of at least 4 members (excludes halogenated alkanes) is 3. The molecule has 0 radical (unpaired) electrons. The van der Waals surface area contributed by atoms with E-state index in [1.807, 2.05) is 0 Å². The van der Waals surface area contributed by atoms with Crippen LogP contribution in [0.2, 0.25) is 0 Å². The third-order valence-electron chi connectivity index (χ3n) is 6.38. The van der Waals surface area contributed by atoms with Crippen LogP contribution in [0.25, 0.3) is 0 Å². The number of carbonyl (C=O) groups excluding carboxylic acids is 1. The smallest absolute Gasteiger partial charge is 0.305 e. The van der Waals surface area contributed by atoms with E-state index in [9.17, 15) is 14.7 Å². The highest BCUT2D eigenvalue weighted by Crippen LogP contribution is 2.44. The molecule has 1 heterocycles. The summed E-state index contributed by atoms with van der Waals surface area (Å²) in [6, 6.07) is 0. The number of carboxylic acids is 1. The zero-order valence-corrected chi connectivity index (χ0v) is 17.6. The highest BCUT2D eigenvalue weighted by atomic mass is 16.5. The molecular weight excluding hydrogens is 330 g/mol. The molecule has 1 aliphatic rings. The average Bonchev–Trinajstić information content (AvgIpc) is 2.53. The fraction of sp³-hybridized carbons (Fsp3) is 0.905. The van der Waals surface area contributed by atoms with E-state index in [4.69, 9.17) is 0 Å². The van der Waals surface area contributed by atoms with Gasteiger partial charge < -0.3 is 9.84 Å². The molecule has 1 rings (SSSR count). The molecule has 0 aliphatic carbocycles. The van der Waals surface area contributed by atoms with Crippen molar-refractivity contribution in [2.45, 2.75) is 96.6 Å². The van der Waals surface area contributed by atoms with E-state index in [1.165, 1.54) is 7.11 Å². The van der Waals surface area contributed by atoms with Crippen molar-refractivity contribution in [3.05, 3.63) is 0 Å². The molecule has 1 unspecified atom stereocenters. The molecular formula is C21H39NO4. The normalized spacial score (nSPS) is 21.3. The van der Waals surface area contributed by atoms with Gasteiger partial charge in [-0.3, -0.25) is 14.5 Å². The molecule has 0 saturated carbocycles. The standard InChI is InChI=1S/C21H39NO4/c1-20(2)14-17(15-21(3,4)22(20)5)16(13-18(23)24)11-9-7-8-10-12-19(25)26-6/h16-17H,7-15H2,1-6H3,(H,23,24). The lowest BCUT2D eigenvalue weighted by Crippen LogP contribution is -2.59. The van der Waals surface area contributed by atoms with Crippen molar-refractivity contribution >= 4 is 11.9 Å². The maximum absolute atomic E-state index is 11.4. The van der Waals surface area contributed by atoms with Crippen molar-refractivity contribution in [1.82, 2.24) is 4.90 Å². The van der Waals surface area contributed by atoms with Crippen LogP contribution in [0, 0.1) is 11.8 Å². The molecule has 1 aliphatic heterocycles. The second-order valence-electron chi connectivity index (χ2n) is 9.24. The minimum absolute atomic E-state index is 0.0870. The van der Waals surface area contributed by atoms with Gasteiger partial charge in [0.05, 0.1) is 7.11 Å². The molecule has 0 bridgehead atoms. The van der Waals surface area contributed by atoms with Crippen LogP contribution in [0.3, 0.4) is 0 Å². The van der Waals surface area contributed by atoms with Gasteiger partial charge in [-0.1, -0.05) is 19.3 Å². The van der Waals surface area contributed by atoms with E-state index in [-0.39, 0.29) is 29.4 Å². The summed E-state index contributed by atoms with van der Waals surface area (Å²) in [5.74, 6) is -0.150. The Hall–Kier alpha value is -1.10. The van der Waals surface area contributed by atoms with Gasteiger partial charge in [0.2, 0.25) is 0 Å². The summed E-state index contributed by atoms with van der Waals surface area (Å²) in [6.07, 6.45) is 7.74. The van der Waals surface area contributed by atoms with Gasteiger partial charge in [0.1, 0.15) is 0 Å². The molecule has 0 aromatic rings. The number of nitrogens with zero attached hydrogens (tertiary/aromatic N) is 1. The first-order chi connectivity index (χ1) is 12.0. The minimum Gasteiger partial charge on any atom is -0.481 e. The Morgan fingerprint density at radius 2 is 1.62 bits per heavy atom. The summed E-state index contributed by atoms with van der Waals surface area (Å²) in [7, 11) is 3.60. The second-order valence-corrected chi connectivity index (χ2v) is 9.24. The SMILES string of the molecule is COC(=O)CCCCCCC(CC(=O)O)C1CC(C)(C)N(C)C(C)(C)C1. The molecule has 0 aromatic carbocycles. The van der Waals surface area contributed by atoms with Gasteiger partial charge in [-0.25, -0.2) is 0 Å². The number of carboxylic acid groups (broad SMARTS) is 1. The van der Waals surface area contributed by atoms with Gasteiger partial charge in [-0.15, -0.1) is 0 Å². The monoisotopic (exact) mass is 369 g/mol. The maximum Gasteiger partial charge on any atom is 0.305 e. The third kappa shape index (κ3) is 6.90. The molecule has 0 aromatic heterocycles. The van der Waals surface area contributed by atoms with E-state index in [2.05, 4.69) is 44.4 Å². The largest absolute Gasteiger partial charge is 0.481 e. The number of rotatable bonds is 10. The van der Waals surface area contributed by atoms with Crippen LogP contribution in [0.5, 0.6) is 0 Å². The van der Waals surface area contributed by atoms with Crippen molar-refractivity contribution in [2.24, 2.45) is 11.8 Å². The number of hydrogen-bond acceptors (Lipinski definition) is 4. The van der Waals surface area contributed by atoms with Crippen LogP contribution in [0.4, 0.5) is 0 Å². The number of piperidine rings is 1. The Bertz CT molecular complexity index is 455. The fourth-order valence-electron chi connectivity index (χ4n) is 4.64. The van der Waals surface area contributed by atoms with Gasteiger partial charge in [0.15, 0.2) is 0 Å². The number of ether oxygens (including phenoxy) is 1. The molecule has 0 amide bonds. The van der Waals surface area contributed by atoms with Crippen LogP contribution in [-0.2, 0) is 14.3 Å². The van der Waals surface area contributed by atoms with Crippen molar-refractivity contribution in [2.75, 3.05) is 14.2 Å². The summed E-state index contributed by atoms with van der Waals surface area (Å²) < 4.78 is 4.66. The Balaban J connectivity index is 2.58. The predicted octanol–water partition coefficient (Wildman–Crippen LogP) is 4.49. The summed E-state index contributed by atoms with van der Waals surface area (Å²) in [4.78, 5) is 25.0. The van der Waals surface area contributed by atoms with E-state index in [1.54, 1.807) is 0 Å². The first-order valence-electron chi connectivity index (χ1n) is 10.0. The lowest BCUT2D eigenvalue weighted by molar-refractivity contribution is -0.141. The van der Waals surface area contributed by atoms with Crippen molar-refractivity contribution in [1.29, 1.82) is 0 Å². The van der Waals surface area contributed by atoms with Gasteiger partial charge in [-0.2, -0.15) is 0 Å². The summed E-state index contributed by atoms with van der Waals surface area (Å²) >= 11 is 0. The van der Waals surface area contributed by atoms with Crippen molar-refractivity contribution in [3.8, 4) is 0 Å². The van der Waals surface area contributed by atoms with E-state index >= 15 is 0 Å². The van der Waals surface area contributed by atoms with Crippen molar-refractivity contribution < 1.29 is 19.4 Å². The fourth-order valence-corrected chi connectivity index (χ4v) is 4.64. The predicted molar refractivity (Wildman–Crippen MR) is 104 cm³/mol. The number of likely N-dealkylation sites (tertiary alicyclic amines) is 1. The van der Waals surface area contributed by atoms with Crippen molar-refractivity contribution in [3.63, 3.8) is 0 Å². The average molecular weight is 370 g/mol. The Morgan fingerprint density at radius 1 is 1.08 bits per heavy atom. The lowest BCUT2D eigenvalue weighted by Gasteiger charge is -2.55. The first-order valence-corrected chi connectivity index (χ1v) is 10.0. The molecule has 0 spiro atoms. The van der Waals surface area contributed by atoms with E-state index in [0.29, 0.717) is 12.3 Å². The number of methoxy groups -OCH3 is 1. The van der Waals surface area contributed by atoms with Crippen LogP contribution in [-0.4, -0.2) is 47.2 Å². The molecule has 5 nitrogen and oxygen atoms in total. The van der Waals surface area contributed by atoms with Gasteiger partial charge in [0, 0.05) is 23.9 Å². The number of hydrogen-bond donors (Lipinski definition) is 1. The van der Waals surface area contributed by atoms with E-state index < -0.39 is 5.97 Å². The first kappa shape index (κ1) is 22.9. The Morgan fingerprint density at radius 3 is 2.12 bits per heavy atom. The number of aliphatic carboxylic acids is 1. The van der Waals surface area contributed by atoms with Gasteiger partial charge in [0.25, 0.3) is 0 Å². The topological polar surface area (TPSA) is 66.8 Å². The third-order valence-corrected chi connectivity index (χ3v) is 6.38. The second kappa shape index (κ2) is 9.72. The maximum atomic E-state index is 11.4. The quantitative estimate of drug-likeness (QED) is 0.454. The summed E-state index contributed by atoms with van der Waals surface area (Å²) in [5, 5.41) is 9.39. The highest BCUT2D eigenvalue weighted by Gasteiger charge is 2.45. The van der Waals surface area contributed by atoms with Crippen LogP contribution in [0.1, 0.15) is 85.5 Å². The summed E-state index contributed by atoms with van der Waals surface area (Å²) in [6.45, 7) is 9.08. The van der Waals surface area contributed by atoms with Crippen LogP contribution >= 0.6 is 0 Å². The zero-order chi connectivity index (χ0) is 20.0. The van der Waals surface area contributed by atoms with Crippen LogP contribution < -0.4 is 0 Å². The molecule has 152 valence electrons. The van der Waals surface area contributed by atoms with Crippen LogP contribution in [0.15, 0.2) is 0 Å². The minimum atomic E-state index is -0.685. The van der Waals surface area contributed by atoms with Gasteiger partial charge in [-0.05, 0) is 72.3 Å². The molecule has 1 fully saturated rings. The highest BCUT2D eigenvalue weighted by molar-refractivity contribution is 5.69. The summed E-state index contributed by atoms with van der Waals surface area (Å²) in [5.41, 5.74) is 0.174. The molecule has 1 atom stereocenters. The lowest BCUT2D eigenvalue weighted by atomic mass is 9.67. The van der Waals surface area contributed by atoms with E-state index in [0.717, 1.165) is 44.9 Å². The zero-order valence-electron chi connectivity index (χ0n) is 17.6. The number of esters is 1. The molecule has 1 N–H and O–H groups in total. The molecule has 1 saturated heterocycles. The Labute approximate surface area is 159 Å². The number of carbonyl (C=O) groups is 2. The Kier molecular flexibility index (Phi) is 8.58. The molecule has 5 heteroatoms. The van der Waals surface area contributed by atoms with Gasteiger partial charge >= 0.3 is 11.9 Å².